The average Bonchev–Trinajstić information content (AvgIpc) is 3.42. The van der Waals surface area contributed by atoms with Crippen molar-refractivity contribution in [2.45, 2.75) is 78.3 Å². The minimum absolute atomic E-state index is 0.145. The number of carbonyl (C=O) groups excluding carboxylic acids is 3. The third-order valence-corrected chi connectivity index (χ3v) is 8.61. The van der Waals surface area contributed by atoms with Crippen LogP contribution in [-0.4, -0.2) is 60.3 Å². The highest BCUT2D eigenvalue weighted by Crippen LogP contribution is 2.31. The van der Waals surface area contributed by atoms with Crippen molar-refractivity contribution in [3.8, 4) is 11.1 Å². The van der Waals surface area contributed by atoms with E-state index in [1.54, 1.807) is 43.2 Å². The van der Waals surface area contributed by atoms with Gasteiger partial charge in [-0.15, -0.1) is 13.2 Å². The van der Waals surface area contributed by atoms with Crippen molar-refractivity contribution in [3.63, 3.8) is 0 Å². The minimum Gasteiger partial charge on any atom is -0.332 e. The van der Waals surface area contributed by atoms with Crippen molar-refractivity contribution in [2.75, 3.05) is 12.4 Å². The number of amides is 2. The summed E-state index contributed by atoms with van der Waals surface area (Å²) in [6.07, 6.45) is 13.6. The van der Waals surface area contributed by atoms with Crippen LogP contribution in [0.15, 0.2) is 66.6 Å². The van der Waals surface area contributed by atoms with E-state index in [0.29, 0.717) is 33.7 Å². The Bertz CT molecular complexity index is 1780. The SMILES string of the molecule is C=CCCCCCCc1cc(-c2cnc(C)nc2)cc2c(C(C)=O)nn(CC(=O)N(C)[C@@H](C)C(=O)Nc3nc(Br)ccc3CC=C)c12. The zero-order chi connectivity index (χ0) is 34.1. The van der Waals surface area contributed by atoms with Crippen molar-refractivity contribution in [2.24, 2.45) is 0 Å². The summed E-state index contributed by atoms with van der Waals surface area (Å²) < 4.78 is 2.19. The number of pyridine rings is 1. The number of allylic oxidation sites excluding steroid dienone is 2. The highest BCUT2D eigenvalue weighted by molar-refractivity contribution is 9.10. The lowest BCUT2D eigenvalue weighted by Crippen LogP contribution is -2.44. The number of halogens is 1. The predicted octanol–water partition coefficient (Wildman–Crippen LogP) is 7.05. The molecule has 10 nitrogen and oxygen atoms in total. The van der Waals surface area contributed by atoms with Crippen molar-refractivity contribution in [3.05, 3.63) is 89.2 Å². The number of aryl methyl sites for hydroxylation is 2. The Morgan fingerprint density at radius 2 is 1.74 bits per heavy atom. The number of Topliss-reactive ketones (excluding diaryl/α,β-unsaturated/α-hetero) is 1. The molecule has 2 amide bonds. The van der Waals surface area contributed by atoms with Gasteiger partial charge in [-0.2, -0.15) is 5.10 Å². The van der Waals surface area contributed by atoms with E-state index in [-0.39, 0.29) is 24.1 Å². The second kappa shape index (κ2) is 16.4. The highest BCUT2D eigenvalue weighted by atomic mass is 79.9. The molecule has 1 N–H and O–H groups in total. The van der Waals surface area contributed by atoms with Crippen molar-refractivity contribution >= 4 is 50.2 Å². The number of anilines is 1. The van der Waals surface area contributed by atoms with Gasteiger partial charge in [-0.3, -0.25) is 19.1 Å². The standard InChI is InChI=1S/C36H42BrN7O3/c1-7-9-10-11-12-13-15-27-18-28(29-20-38-25(5)39-21-29)19-30-33(24(4)45)42-44(34(27)30)22-32(46)43(6)23(3)36(47)41-35-26(14-8-2)16-17-31(37)40-35/h7-8,16-21,23H,1-2,9-15,22H2,3-6H3,(H,40,41,47)/t23-/m0/s1. The van der Waals surface area contributed by atoms with Crippen LogP contribution in [-0.2, 0) is 29.0 Å². The molecule has 4 rings (SSSR count). The van der Waals surface area contributed by atoms with E-state index in [1.807, 2.05) is 25.1 Å². The summed E-state index contributed by atoms with van der Waals surface area (Å²) in [5, 5.41) is 8.19. The first kappa shape index (κ1) is 35.3. The Hall–Kier alpha value is -4.51. The molecule has 0 bridgehead atoms. The van der Waals surface area contributed by atoms with Gasteiger partial charge in [-0.05, 0) is 96.8 Å². The summed E-state index contributed by atoms with van der Waals surface area (Å²) in [7, 11) is 1.59. The quantitative estimate of drug-likeness (QED) is 0.0575. The lowest BCUT2D eigenvalue weighted by Gasteiger charge is -2.24. The van der Waals surface area contributed by atoms with Gasteiger partial charge in [-0.25, -0.2) is 15.0 Å². The van der Waals surface area contributed by atoms with E-state index in [1.165, 1.54) is 11.8 Å². The fraction of sp³-hybridized carbons (Fsp3) is 0.361. The number of unbranched alkanes of at least 4 members (excludes halogenated alkanes) is 4. The predicted molar refractivity (Wildman–Crippen MR) is 189 cm³/mol. The van der Waals surface area contributed by atoms with Gasteiger partial charge in [0.25, 0.3) is 0 Å². The van der Waals surface area contributed by atoms with Crippen LogP contribution in [0.1, 0.15) is 73.4 Å². The maximum Gasteiger partial charge on any atom is 0.248 e. The average molecular weight is 701 g/mol. The number of fused-ring (bicyclic) bond motifs is 1. The van der Waals surface area contributed by atoms with Gasteiger partial charge in [0.1, 0.15) is 34.5 Å². The minimum atomic E-state index is -0.808. The smallest absolute Gasteiger partial charge is 0.248 e. The summed E-state index contributed by atoms with van der Waals surface area (Å²) in [4.78, 5) is 54.3. The molecule has 1 aromatic carbocycles. The molecule has 0 unspecified atom stereocenters. The molecule has 0 aliphatic carbocycles. The second-order valence-corrected chi connectivity index (χ2v) is 12.5. The normalized spacial score (nSPS) is 11.7. The molecule has 0 fully saturated rings. The molecule has 0 aliphatic rings. The Morgan fingerprint density at radius 1 is 1.02 bits per heavy atom. The number of nitrogens with zero attached hydrogens (tertiary/aromatic N) is 6. The number of nitrogens with one attached hydrogen (secondary N) is 1. The van der Waals surface area contributed by atoms with Crippen LogP contribution in [0.25, 0.3) is 22.0 Å². The molecule has 4 aromatic rings. The van der Waals surface area contributed by atoms with Gasteiger partial charge in [0.15, 0.2) is 5.78 Å². The van der Waals surface area contributed by atoms with E-state index in [0.717, 1.165) is 66.3 Å². The van der Waals surface area contributed by atoms with Gasteiger partial charge in [0.2, 0.25) is 11.8 Å². The topological polar surface area (TPSA) is 123 Å². The largest absolute Gasteiger partial charge is 0.332 e. The Kier molecular flexibility index (Phi) is 12.3. The molecule has 0 aliphatic heterocycles. The van der Waals surface area contributed by atoms with Gasteiger partial charge < -0.3 is 10.2 Å². The van der Waals surface area contributed by atoms with Crippen LogP contribution in [0.4, 0.5) is 5.82 Å². The summed E-state index contributed by atoms with van der Waals surface area (Å²) in [5.74, 6) is 0.167. The molecule has 246 valence electrons. The first-order chi connectivity index (χ1) is 22.5. The lowest BCUT2D eigenvalue weighted by molar-refractivity contribution is -0.137. The van der Waals surface area contributed by atoms with Gasteiger partial charge >= 0.3 is 0 Å². The Labute approximate surface area is 284 Å². The van der Waals surface area contributed by atoms with E-state index in [9.17, 15) is 14.4 Å². The van der Waals surface area contributed by atoms with E-state index >= 15 is 0 Å². The van der Waals surface area contributed by atoms with Gasteiger partial charge in [-0.1, -0.05) is 31.1 Å². The third kappa shape index (κ3) is 8.85. The number of benzene rings is 1. The molecule has 0 spiro atoms. The molecule has 0 radical (unpaired) electrons. The number of rotatable bonds is 16. The number of aromatic nitrogens is 5. The van der Waals surface area contributed by atoms with Gasteiger partial charge in [0, 0.05) is 37.3 Å². The zero-order valence-electron chi connectivity index (χ0n) is 27.6. The molecular weight excluding hydrogens is 658 g/mol. The first-order valence-electron chi connectivity index (χ1n) is 15.8. The van der Waals surface area contributed by atoms with E-state index < -0.39 is 6.04 Å². The lowest BCUT2D eigenvalue weighted by atomic mass is 9.96. The number of carbonyl (C=O) groups is 3. The summed E-state index contributed by atoms with van der Waals surface area (Å²) in [5.41, 5.74) is 4.54. The molecule has 1 atom stereocenters. The van der Waals surface area contributed by atoms with Crippen LogP contribution in [0, 0.1) is 6.92 Å². The van der Waals surface area contributed by atoms with Crippen LogP contribution >= 0.6 is 15.9 Å². The summed E-state index contributed by atoms with van der Waals surface area (Å²) >= 11 is 3.35. The van der Waals surface area contributed by atoms with Crippen LogP contribution in [0.5, 0.6) is 0 Å². The van der Waals surface area contributed by atoms with Crippen molar-refractivity contribution in [1.29, 1.82) is 0 Å². The molecule has 0 saturated heterocycles. The maximum atomic E-state index is 13.7. The van der Waals surface area contributed by atoms with E-state index in [2.05, 4.69) is 60.5 Å². The Balaban J connectivity index is 1.64. The van der Waals surface area contributed by atoms with Crippen molar-refractivity contribution in [1.82, 2.24) is 29.6 Å². The molecule has 47 heavy (non-hydrogen) atoms. The molecule has 11 heteroatoms. The molecule has 0 saturated carbocycles. The molecule has 3 heterocycles. The van der Waals surface area contributed by atoms with Crippen LogP contribution in [0.3, 0.4) is 0 Å². The monoisotopic (exact) mass is 699 g/mol. The van der Waals surface area contributed by atoms with Crippen molar-refractivity contribution < 1.29 is 14.4 Å². The second-order valence-electron chi connectivity index (χ2n) is 11.7. The molecule has 3 aromatic heterocycles. The fourth-order valence-corrected chi connectivity index (χ4v) is 5.69. The van der Waals surface area contributed by atoms with Gasteiger partial charge in [0.05, 0.1) is 5.52 Å². The van der Waals surface area contributed by atoms with E-state index in [4.69, 9.17) is 0 Å². The molecular formula is C36H42BrN7O3. The van der Waals surface area contributed by atoms with Crippen LogP contribution < -0.4 is 5.32 Å². The zero-order valence-corrected chi connectivity index (χ0v) is 29.1. The number of ketones is 1. The highest BCUT2D eigenvalue weighted by Gasteiger charge is 2.26. The number of hydrogen-bond acceptors (Lipinski definition) is 7. The number of likely N-dealkylation sites (N-methyl/N-ethyl adjacent to an activating group) is 1. The summed E-state index contributed by atoms with van der Waals surface area (Å²) in [6.45, 7) is 12.4. The van der Waals surface area contributed by atoms with Crippen LogP contribution in [0.2, 0.25) is 0 Å². The third-order valence-electron chi connectivity index (χ3n) is 8.16. The number of hydrogen-bond donors (Lipinski definition) is 1. The first-order valence-corrected chi connectivity index (χ1v) is 16.6. The fourth-order valence-electron chi connectivity index (χ4n) is 5.38. The summed E-state index contributed by atoms with van der Waals surface area (Å²) in [6, 6.07) is 6.86. The Morgan fingerprint density at radius 3 is 2.43 bits per heavy atom. The maximum absolute atomic E-state index is 13.7.